The lowest BCUT2D eigenvalue weighted by molar-refractivity contribution is -0.133. The Hall–Kier alpha value is -1.32. The Labute approximate surface area is 198 Å². The number of aliphatic carboxylic acids is 1. The Morgan fingerprint density at radius 2 is 1.88 bits per heavy atom. The van der Waals surface area contributed by atoms with Crippen molar-refractivity contribution in [2.45, 2.75) is 86.4 Å². The molecule has 2 amide bonds. The van der Waals surface area contributed by atoms with Crippen molar-refractivity contribution in [1.82, 2.24) is 9.88 Å². The summed E-state index contributed by atoms with van der Waals surface area (Å²) in [5.41, 5.74) is -0.260. The fourth-order valence-corrected chi connectivity index (χ4v) is 7.30. The van der Waals surface area contributed by atoms with Gasteiger partial charge in [-0.2, -0.15) is 0 Å². The van der Waals surface area contributed by atoms with E-state index in [1.807, 2.05) is 0 Å². The summed E-state index contributed by atoms with van der Waals surface area (Å²) in [7, 11) is 1.75. The summed E-state index contributed by atoms with van der Waals surface area (Å²) in [5.74, 6) is 0.845. The van der Waals surface area contributed by atoms with Crippen molar-refractivity contribution >= 4 is 40.2 Å². The second kappa shape index (κ2) is 10.7. The molecule has 0 spiro atoms. The Morgan fingerprint density at radius 3 is 2.50 bits per heavy atom. The van der Waals surface area contributed by atoms with E-state index >= 15 is 0 Å². The third kappa shape index (κ3) is 5.78. The van der Waals surface area contributed by atoms with E-state index in [-0.39, 0.29) is 23.4 Å². The van der Waals surface area contributed by atoms with E-state index < -0.39 is 5.97 Å². The standard InChI is InChI=1S/C23H35N3O4S2/c1-30-15-23(11-9-17(10-12-23)16-7-8-16)26(18-5-3-2-4-6-18)22(29)25-21-24-13-20(32-21)31-14-19(27)28/h13,16-18H,2-12,14-15H2,1H3,(H,27,28)(H,24,25,29). The molecule has 1 aromatic rings. The third-order valence-corrected chi connectivity index (χ3v) is 9.46. The maximum Gasteiger partial charge on any atom is 0.324 e. The molecule has 9 heteroatoms. The zero-order valence-corrected chi connectivity index (χ0v) is 20.5. The number of carbonyl (C=O) groups is 2. The first-order valence-electron chi connectivity index (χ1n) is 11.9. The average molecular weight is 482 g/mol. The van der Waals surface area contributed by atoms with Crippen LogP contribution in [-0.4, -0.2) is 58.0 Å². The second-order valence-electron chi connectivity index (χ2n) is 9.59. The van der Waals surface area contributed by atoms with Gasteiger partial charge in [0, 0.05) is 13.2 Å². The average Bonchev–Trinajstić information content (AvgIpc) is 3.53. The first-order valence-corrected chi connectivity index (χ1v) is 13.7. The lowest BCUT2D eigenvalue weighted by Crippen LogP contribution is -2.61. The minimum Gasteiger partial charge on any atom is -0.481 e. The number of thiazole rings is 1. The van der Waals surface area contributed by atoms with E-state index in [1.54, 1.807) is 13.3 Å². The van der Waals surface area contributed by atoms with Crippen molar-refractivity contribution in [1.29, 1.82) is 0 Å². The van der Waals surface area contributed by atoms with Gasteiger partial charge in [0.2, 0.25) is 0 Å². The molecule has 3 fully saturated rings. The second-order valence-corrected chi connectivity index (χ2v) is 11.9. The van der Waals surface area contributed by atoms with Gasteiger partial charge >= 0.3 is 12.0 Å². The van der Waals surface area contributed by atoms with Gasteiger partial charge in [-0.15, -0.1) is 11.8 Å². The fraction of sp³-hybridized carbons (Fsp3) is 0.783. The van der Waals surface area contributed by atoms with Crippen molar-refractivity contribution in [3.05, 3.63) is 6.20 Å². The molecule has 0 aromatic carbocycles. The van der Waals surface area contributed by atoms with Crippen molar-refractivity contribution in [2.24, 2.45) is 11.8 Å². The summed E-state index contributed by atoms with van der Waals surface area (Å²) < 4.78 is 6.53. The molecule has 0 bridgehead atoms. The largest absolute Gasteiger partial charge is 0.481 e. The summed E-state index contributed by atoms with van der Waals surface area (Å²) in [6.07, 6.45) is 14.4. The van der Waals surface area contributed by atoms with Crippen LogP contribution in [0.5, 0.6) is 0 Å². The van der Waals surface area contributed by atoms with Crippen LogP contribution in [0.1, 0.15) is 70.6 Å². The number of hydrogen-bond donors (Lipinski definition) is 2. The van der Waals surface area contributed by atoms with Crippen molar-refractivity contribution in [3.8, 4) is 0 Å². The molecule has 32 heavy (non-hydrogen) atoms. The summed E-state index contributed by atoms with van der Waals surface area (Å²) in [6.45, 7) is 0.575. The van der Waals surface area contributed by atoms with E-state index in [2.05, 4.69) is 15.2 Å². The molecule has 3 aliphatic rings. The topological polar surface area (TPSA) is 91.8 Å². The maximum atomic E-state index is 13.7. The molecule has 178 valence electrons. The number of nitrogens with one attached hydrogen (secondary N) is 1. The molecular weight excluding hydrogens is 446 g/mol. The van der Waals surface area contributed by atoms with Crippen LogP contribution in [0.25, 0.3) is 0 Å². The number of aromatic nitrogens is 1. The molecule has 0 radical (unpaired) electrons. The van der Waals surface area contributed by atoms with Crippen LogP contribution in [0.4, 0.5) is 9.93 Å². The minimum absolute atomic E-state index is 0.0110. The highest BCUT2D eigenvalue weighted by Gasteiger charge is 2.48. The fourth-order valence-electron chi connectivity index (χ4n) is 5.72. The van der Waals surface area contributed by atoms with Gasteiger partial charge in [-0.1, -0.05) is 30.6 Å². The molecule has 0 atom stereocenters. The number of hydrogen-bond acceptors (Lipinski definition) is 6. The molecule has 0 unspecified atom stereocenters. The summed E-state index contributed by atoms with van der Waals surface area (Å²) in [6, 6.07) is 0.153. The number of methoxy groups -OCH3 is 1. The first-order chi connectivity index (χ1) is 15.5. The van der Waals surface area contributed by atoms with E-state index in [4.69, 9.17) is 9.84 Å². The Kier molecular flexibility index (Phi) is 8.00. The van der Waals surface area contributed by atoms with Gasteiger partial charge in [0.05, 0.1) is 28.3 Å². The molecule has 4 rings (SSSR count). The molecular formula is C23H35N3O4S2. The van der Waals surface area contributed by atoms with Crippen molar-refractivity contribution < 1.29 is 19.4 Å². The number of ether oxygens (including phenoxy) is 1. The van der Waals surface area contributed by atoms with Crippen molar-refractivity contribution in [2.75, 3.05) is 24.8 Å². The van der Waals surface area contributed by atoms with Crippen LogP contribution in [-0.2, 0) is 9.53 Å². The Bertz CT molecular complexity index is 784. The predicted molar refractivity (Wildman–Crippen MR) is 127 cm³/mol. The number of carboxylic acids is 1. The summed E-state index contributed by atoms with van der Waals surface area (Å²) >= 11 is 2.57. The zero-order chi connectivity index (χ0) is 22.6. The molecule has 1 heterocycles. The third-order valence-electron chi connectivity index (χ3n) is 7.37. The van der Waals surface area contributed by atoms with Crippen LogP contribution in [0.3, 0.4) is 0 Å². The van der Waals surface area contributed by atoms with Crippen LogP contribution in [0, 0.1) is 11.8 Å². The number of anilines is 1. The van der Waals surface area contributed by atoms with Gasteiger partial charge in [0.1, 0.15) is 0 Å². The SMILES string of the molecule is COCC1(N(C(=O)Nc2ncc(SCC(=O)O)s2)C2CCCCC2)CCC(C2CC2)CC1. The van der Waals surface area contributed by atoms with Crippen LogP contribution < -0.4 is 5.32 Å². The maximum absolute atomic E-state index is 13.7. The van der Waals surface area contributed by atoms with Crippen LogP contribution in [0.2, 0.25) is 0 Å². The van der Waals surface area contributed by atoms with E-state index in [0.29, 0.717) is 11.7 Å². The highest BCUT2D eigenvalue weighted by molar-refractivity contribution is 8.01. The van der Waals surface area contributed by atoms with Gasteiger partial charge < -0.3 is 14.7 Å². The molecule has 7 nitrogen and oxygen atoms in total. The number of carboxylic acid groups (broad SMARTS) is 1. The van der Waals surface area contributed by atoms with Crippen LogP contribution >= 0.6 is 23.1 Å². The first kappa shape index (κ1) is 23.8. The molecule has 3 aliphatic carbocycles. The number of urea groups is 1. The number of rotatable bonds is 9. The lowest BCUT2D eigenvalue weighted by Gasteiger charge is -2.51. The van der Waals surface area contributed by atoms with E-state index in [9.17, 15) is 9.59 Å². The van der Waals surface area contributed by atoms with Crippen LogP contribution in [0.15, 0.2) is 10.4 Å². The zero-order valence-electron chi connectivity index (χ0n) is 18.9. The normalized spacial score (nSPS) is 26.6. The highest BCUT2D eigenvalue weighted by atomic mass is 32.2. The number of carbonyl (C=O) groups excluding carboxylic acids is 1. The molecule has 2 N–H and O–H groups in total. The summed E-state index contributed by atoms with van der Waals surface area (Å²) in [5, 5.41) is 12.5. The van der Waals surface area contributed by atoms with E-state index in [0.717, 1.165) is 54.6 Å². The van der Waals surface area contributed by atoms with Gasteiger partial charge in [-0.3, -0.25) is 10.1 Å². The summed E-state index contributed by atoms with van der Waals surface area (Å²) in [4.78, 5) is 31.0. The Balaban J connectivity index is 1.51. The van der Waals surface area contributed by atoms with Gasteiger partial charge in [0.25, 0.3) is 0 Å². The highest BCUT2D eigenvalue weighted by Crippen LogP contribution is 2.48. The van der Waals surface area contributed by atoms with Gasteiger partial charge in [-0.25, -0.2) is 9.78 Å². The van der Waals surface area contributed by atoms with Gasteiger partial charge in [-0.05, 0) is 63.2 Å². The van der Waals surface area contributed by atoms with E-state index in [1.165, 1.54) is 55.2 Å². The molecule has 3 saturated carbocycles. The monoisotopic (exact) mass is 481 g/mol. The Morgan fingerprint density at radius 1 is 1.19 bits per heavy atom. The molecule has 1 aromatic heterocycles. The van der Waals surface area contributed by atoms with Gasteiger partial charge in [0.15, 0.2) is 5.13 Å². The molecule has 0 saturated heterocycles. The smallest absolute Gasteiger partial charge is 0.324 e. The number of nitrogens with zero attached hydrogens (tertiary/aromatic N) is 2. The minimum atomic E-state index is -0.860. The quantitative estimate of drug-likeness (QED) is 0.454. The lowest BCUT2D eigenvalue weighted by atomic mass is 9.73. The molecule has 0 aliphatic heterocycles. The van der Waals surface area contributed by atoms with Crippen molar-refractivity contribution in [3.63, 3.8) is 0 Å². The number of thioether (sulfide) groups is 1. The number of amides is 2. The predicted octanol–water partition coefficient (Wildman–Crippen LogP) is 5.47.